The molecule has 0 aromatic carbocycles. The second kappa shape index (κ2) is 8.97. The Morgan fingerprint density at radius 3 is 2.71 bits per heavy atom. The Morgan fingerprint density at radius 1 is 1.43 bits per heavy atom. The van der Waals surface area contributed by atoms with Crippen LogP contribution in [0.1, 0.15) is 39.0 Å². The van der Waals surface area contributed by atoms with Crippen LogP contribution in [0.15, 0.2) is 0 Å². The molecule has 0 aliphatic rings. The molecule has 0 unspecified atom stereocenters. The van der Waals surface area contributed by atoms with E-state index < -0.39 is 0 Å². The van der Waals surface area contributed by atoms with Crippen molar-refractivity contribution in [3.05, 3.63) is 0 Å². The highest BCUT2D eigenvalue weighted by Crippen LogP contribution is 2.06. The number of aliphatic hydroxyl groups is 1. The number of carbonyl (C=O) groups excluding carboxylic acids is 1. The molecule has 0 aliphatic heterocycles. The summed E-state index contributed by atoms with van der Waals surface area (Å²) in [5, 5.41) is 9.44. The minimum atomic E-state index is -0.311. The van der Waals surface area contributed by atoms with Gasteiger partial charge < -0.3 is 15.6 Å². The minimum absolute atomic E-state index is 0.270. The molecule has 0 spiro atoms. The number of hydrogen-bond acceptors (Lipinski definition) is 3. The van der Waals surface area contributed by atoms with Crippen molar-refractivity contribution in [1.82, 2.24) is 0 Å². The summed E-state index contributed by atoms with van der Waals surface area (Å²) in [6, 6.07) is 0. The largest absolute Gasteiger partial charge is 0.393 e. The van der Waals surface area contributed by atoms with E-state index in [0.29, 0.717) is 26.1 Å². The van der Waals surface area contributed by atoms with Gasteiger partial charge in [0.1, 0.15) is 0 Å². The van der Waals surface area contributed by atoms with Crippen molar-refractivity contribution in [2.24, 2.45) is 5.73 Å². The van der Waals surface area contributed by atoms with E-state index >= 15 is 0 Å². The van der Waals surface area contributed by atoms with Crippen molar-refractivity contribution in [3.63, 3.8) is 0 Å². The van der Waals surface area contributed by atoms with Crippen LogP contribution in [0.4, 0.5) is 0 Å². The summed E-state index contributed by atoms with van der Waals surface area (Å²) in [6.45, 7) is 3.22. The molecule has 0 aromatic rings. The Labute approximate surface area is 85.4 Å². The van der Waals surface area contributed by atoms with E-state index in [-0.39, 0.29) is 12.0 Å². The maximum absolute atomic E-state index is 10.4. The van der Waals surface area contributed by atoms with Crippen LogP contribution in [-0.2, 0) is 9.53 Å². The summed E-state index contributed by atoms with van der Waals surface area (Å²) in [6.07, 6.45) is 3.11. The van der Waals surface area contributed by atoms with E-state index in [0.717, 1.165) is 19.3 Å². The number of primary amides is 1. The fraction of sp³-hybridized carbons (Fsp3) is 0.900. The van der Waals surface area contributed by atoms with E-state index in [1.165, 1.54) is 0 Å². The molecule has 0 radical (unpaired) electrons. The lowest BCUT2D eigenvalue weighted by atomic mass is 10.1. The van der Waals surface area contributed by atoms with Gasteiger partial charge in [-0.2, -0.15) is 0 Å². The predicted octanol–water partition coefficient (Wildman–Crippen LogP) is 0.820. The SMILES string of the molecule is CCOCC[C@H](O)CCCCC(N)=O. The molecule has 0 aliphatic carbocycles. The Morgan fingerprint density at radius 2 is 2.14 bits per heavy atom. The van der Waals surface area contributed by atoms with Gasteiger partial charge in [-0.1, -0.05) is 6.42 Å². The van der Waals surface area contributed by atoms with E-state index in [1.807, 2.05) is 6.92 Å². The molecule has 4 heteroatoms. The topological polar surface area (TPSA) is 72.6 Å². The Balaban J connectivity index is 3.18. The summed E-state index contributed by atoms with van der Waals surface area (Å²) >= 11 is 0. The maximum atomic E-state index is 10.4. The summed E-state index contributed by atoms with van der Waals surface area (Å²) in [4.78, 5) is 10.4. The number of aliphatic hydroxyl groups excluding tert-OH is 1. The monoisotopic (exact) mass is 203 g/mol. The van der Waals surface area contributed by atoms with Crippen molar-refractivity contribution < 1.29 is 14.6 Å². The summed E-state index contributed by atoms with van der Waals surface area (Å²) in [5.41, 5.74) is 4.99. The number of nitrogens with two attached hydrogens (primary N) is 1. The number of carbonyl (C=O) groups is 1. The molecule has 0 aromatic heterocycles. The number of rotatable bonds is 9. The highest BCUT2D eigenvalue weighted by molar-refractivity contribution is 5.73. The lowest BCUT2D eigenvalue weighted by Gasteiger charge is -2.09. The quantitative estimate of drug-likeness (QED) is 0.545. The first-order chi connectivity index (χ1) is 6.66. The molecule has 1 atom stereocenters. The summed E-state index contributed by atoms with van der Waals surface area (Å²) in [7, 11) is 0. The molecule has 0 fully saturated rings. The normalized spacial score (nSPS) is 12.7. The second-order valence-electron chi connectivity index (χ2n) is 3.35. The Bertz CT molecular complexity index is 150. The zero-order valence-corrected chi connectivity index (χ0v) is 8.87. The van der Waals surface area contributed by atoms with Gasteiger partial charge in [-0.3, -0.25) is 4.79 Å². The second-order valence-corrected chi connectivity index (χ2v) is 3.35. The van der Waals surface area contributed by atoms with Crippen molar-refractivity contribution in [1.29, 1.82) is 0 Å². The summed E-state index contributed by atoms with van der Waals surface area (Å²) < 4.78 is 5.11. The van der Waals surface area contributed by atoms with Gasteiger partial charge in [0, 0.05) is 19.6 Å². The smallest absolute Gasteiger partial charge is 0.217 e. The molecule has 14 heavy (non-hydrogen) atoms. The van der Waals surface area contributed by atoms with Crippen LogP contribution in [0.3, 0.4) is 0 Å². The number of hydrogen-bond donors (Lipinski definition) is 2. The van der Waals surface area contributed by atoms with Crippen molar-refractivity contribution >= 4 is 5.91 Å². The average Bonchev–Trinajstić information content (AvgIpc) is 2.13. The van der Waals surface area contributed by atoms with E-state index in [4.69, 9.17) is 10.5 Å². The lowest BCUT2D eigenvalue weighted by molar-refractivity contribution is -0.118. The Kier molecular flexibility index (Phi) is 8.57. The standard InChI is InChI=1S/C10H21NO3/c1-2-14-8-7-9(12)5-3-4-6-10(11)13/h9,12H,2-8H2,1H3,(H2,11,13)/t9-/m1/s1. The van der Waals surface area contributed by atoms with Crippen molar-refractivity contribution in [3.8, 4) is 0 Å². The first-order valence-corrected chi connectivity index (χ1v) is 5.21. The highest BCUT2D eigenvalue weighted by Gasteiger charge is 2.03. The molecule has 1 amide bonds. The third-order valence-electron chi connectivity index (χ3n) is 2.01. The van der Waals surface area contributed by atoms with Gasteiger partial charge in [0.2, 0.25) is 5.91 Å². The lowest BCUT2D eigenvalue weighted by Crippen LogP contribution is -2.12. The summed E-state index contributed by atoms with van der Waals surface area (Å²) in [5.74, 6) is -0.270. The van der Waals surface area contributed by atoms with E-state index in [1.54, 1.807) is 0 Å². The zero-order valence-electron chi connectivity index (χ0n) is 8.87. The fourth-order valence-corrected chi connectivity index (χ4v) is 1.19. The zero-order chi connectivity index (χ0) is 10.8. The van der Waals surface area contributed by atoms with Crippen LogP contribution in [-0.4, -0.2) is 30.3 Å². The van der Waals surface area contributed by atoms with Crippen LogP contribution in [0.2, 0.25) is 0 Å². The van der Waals surface area contributed by atoms with Crippen LogP contribution in [0.25, 0.3) is 0 Å². The molecule has 3 N–H and O–H groups in total. The van der Waals surface area contributed by atoms with E-state index in [9.17, 15) is 9.90 Å². The minimum Gasteiger partial charge on any atom is -0.393 e. The Hall–Kier alpha value is -0.610. The fourth-order valence-electron chi connectivity index (χ4n) is 1.19. The maximum Gasteiger partial charge on any atom is 0.217 e. The van der Waals surface area contributed by atoms with Gasteiger partial charge in [0.15, 0.2) is 0 Å². The van der Waals surface area contributed by atoms with Crippen molar-refractivity contribution in [2.75, 3.05) is 13.2 Å². The van der Waals surface area contributed by atoms with Gasteiger partial charge in [0.05, 0.1) is 6.10 Å². The first-order valence-electron chi connectivity index (χ1n) is 5.21. The molecular formula is C10H21NO3. The number of amides is 1. The van der Waals surface area contributed by atoms with Gasteiger partial charge >= 0.3 is 0 Å². The molecule has 84 valence electrons. The van der Waals surface area contributed by atoms with Gasteiger partial charge in [-0.25, -0.2) is 0 Å². The molecule has 0 rings (SSSR count). The predicted molar refractivity (Wildman–Crippen MR) is 54.8 cm³/mol. The molecule has 0 saturated heterocycles. The molecule has 0 saturated carbocycles. The van der Waals surface area contributed by atoms with Gasteiger partial charge in [0.25, 0.3) is 0 Å². The molecular weight excluding hydrogens is 182 g/mol. The molecule has 4 nitrogen and oxygen atoms in total. The molecule has 0 bridgehead atoms. The van der Waals surface area contributed by atoms with Gasteiger partial charge in [-0.05, 0) is 26.2 Å². The van der Waals surface area contributed by atoms with Gasteiger partial charge in [-0.15, -0.1) is 0 Å². The van der Waals surface area contributed by atoms with Crippen LogP contribution in [0, 0.1) is 0 Å². The van der Waals surface area contributed by atoms with Crippen LogP contribution < -0.4 is 5.73 Å². The third-order valence-corrected chi connectivity index (χ3v) is 2.01. The van der Waals surface area contributed by atoms with E-state index in [2.05, 4.69) is 0 Å². The van der Waals surface area contributed by atoms with Crippen LogP contribution >= 0.6 is 0 Å². The number of unbranched alkanes of at least 4 members (excludes halogenated alkanes) is 1. The third kappa shape index (κ3) is 9.48. The average molecular weight is 203 g/mol. The molecule has 0 heterocycles. The first kappa shape index (κ1) is 13.4. The number of ether oxygens (including phenoxy) is 1. The highest BCUT2D eigenvalue weighted by atomic mass is 16.5. The van der Waals surface area contributed by atoms with Crippen molar-refractivity contribution in [2.45, 2.75) is 45.1 Å². The van der Waals surface area contributed by atoms with Crippen LogP contribution in [0.5, 0.6) is 0 Å².